The van der Waals surface area contributed by atoms with Crippen LogP contribution in [0, 0.1) is 11.7 Å². The fourth-order valence-corrected chi connectivity index (χ4v) is 4.43. The van der Waals surface area contributed by atoms with E-state index in [1.54, 1.807) is 30.3 Å². The first-order valence-electron chi connectivity index (χ1n) is 10.2. The second-order valence-corrected chi connectivity index (χ2v) is 8.08. The van der Waals surface area contributed by atoms with E-state index in [1.165, 1.54) is 12.1 Å². The molecule has 4 rings (SSSR count). The maximum absolute atomic E-state index is 13.5. The van der Waals surface area contributed by atoms with Crippen LogP contribution in [-0.2, 0) is 9.59 Å². The van der Waals surface area contributed by atoms with Crippen LogP contribution in [0.3, 0.4) is 0 Å². The first-order valence-corrected chi connectivity index (χ1v) is 10.2. The van der Waals surface area contributed by atoms with Gasteiger partial charge in [0.2, 0.25) is 5.91 Å². The van der Waals surface area contributed by atoms with Crippen LogP contribution in [-0.4, -0.2) is 34.8 Å². The number of rotatable bonds is 4. The molecular weight excluding hydrogens is 385 g/mol. The van der Waals surface area contributed by atoms with Crippen molar-refractivity contribution in [2.24, 2.45) is 5.92 Å². The average molecular weight is 409 g/mol. The molecule has 6 nitrogen and oxygen atoms in total. The van der Waals surface area contributed by atoms with Gasteiger partial charge in [-0.05, 0) is 54.2 Å². The number of hydrogen-bond donors (Lipinski definition) is 2. The predicted octanol–water partition coefficient (Wildman–Crippen LogP) is 3.93. The van der Waals surface area contributed by atoms with E-state index < -0.39 is 17.5 Å². The van der Waals surface area contributed by atoms with Crippen molar-refractivity contribution in [2.75, 3.05) is 11.9 Å². The smallest absolute Gasteiger partial charge is 0.325 e. The van der Waals surface area contributed by atoms with Gasteiger partial charge in [0.05, 0.1) is 0 Å². The molecule has 1 saturated heterocycles. The lowest BCUT2D eigenvalue weighted by atomic mass is 9.73. The predicted molar refractivity (Wildman–Crippen MR) is 111 cm³/mol. The summed E-state index contributed by atoms with van der Waals surface area (Å²) >= 11 is 0. The Bertz CT molecular complexity index is 1010. The molecule has 2 fully saturated rings. The summed E-state index contributed by atoms with van der Waals surface area (Å²) in [6.07, 6.45) is 3.39. The second kappa shape index (κ2) is 7.89. The van der Waals surface area contributed by atoms with Crippen molar-refractivity contribution in [2.45, 2.75) is 38.1 Å². The summed E-state index contributed by atoms with van der Waals surface area (Å²) in [7, 11) is 0. The summed E-state index contributed by atoms with van der Waals surface area (Å²) in [6, 6.07) is 12.7. The van der Waals surface area contributed by atoms with Crippen LogP contribution < -0.4 is 10.6 Å². The molecule has 1 aliphatic heterocycles. The Labute approximate surface area is 174 Å². The molecule has 0 unspecified atom stereocenters. The molecule has 0 radical (unpaired) electrons. The molecule has 1 spiro atoms. The Kier molecular flexibility index (Phi) is 5.28. The summed E-state index contributed by atoms with van der Waals surface area (Å²) < 4.78 is 13.5. The fraction of sp³-hybridized carbons (Fsp3) is 0.348. The van der Waals surface area contributed by atoms with Crippen LogP contribution in [0.2, 0.25) is 0 Å². The van der Waals surface area contributed by atoms with Gasteiger partial charge in [-0.1, -0.05) is 44.0 Å². The molecule has 4 amide bonds. The molecule has 1 saturated carbocycles. The minimum Gasteiger partial charge on any atom is -0.325 e. The molecule has 30 heavy (non-hydrogen) atoms. The maximum Gasteiger partial charge on any atom is 0.325 e. The molecule has 2 aromatic carbocycles. The SMILES string of the molecule is C[C@H]1CCCC[C@@]12NC(=O)N(CC(=O)Nc1cccc(-c3cccc(F)c3)c1)C2=O. The first-order chi connectivity index (χ1) is 14.4. The van der Waals surface area contributed by atoms with Crippen molar-refractivity contribution in [1.29, 1.82) is 0 Å². The number of nitrogens with one attached hydrogen (secondary N) is 2. The number of benzene rings is 2. The highest BCUT2D eigenvalue weighted by Gasteiger charge is 2.55. The number of hydrogen-bond acceptors (Lipinski definition) is 3. The van der Waals surface area contributed by atoms with Crippen LogP contribution in [0.5, 0.6) is 0 Å². The molecule has 2 N–H and O–H groups in total. The lowest BCUT2D eigenvalue weighted by Crippen LogP contribution is -2.54. The fourth-order valence-electron chi connectivity index (χ4n) is 4.43. The monoisotopic (exact) mass is 409 g/mol. The van der Waals surface area contributed by atoms with E-state index in [1.807, 2.05) is 13.0 Å². The third kappa shape index (κ3) is 3.67. The first kappa shape index (κ1) is 20.1. The van der Waals surface area contributed by atoms with Crippen LogP contribution >= 0.6 is 0 Å². The van der Waals surface area contributed by atoms with E-state index in [9.17, 15) is 18.8 Å². The highest BCUT2D eigenvalue weighted by Crippen LogP contribution is 2.38. The number of nitrogens with zero attached hydrogens (tertiary/aromatic N) is 1. The van der Waals surface area contributed by atoms with Gasteiger partial charge in [-0.3, -0.25) is 14.5 Å². The zero-order valence-corrected chi connectivity index (χ0v) is 16.8. The molecule has 0 aromatic heterocycles. The van der Waals surface area contributed by atoms with Gasteiger partial charge in [-0.2, -0.15) is 0 Å². The van der Waals surface area contributed by atoms with E-state index >= 15 is 0 Å². The van der Waals surface area contributed by atoms with Crippen molar-refractivity contribution >= 4 is 23.5 Å². The number of carbonyl (C=O) groups is 3. The average Bonchev–Trinajstić information content (AvgIpc) is 2.95. The van der Waals surface area contributed by atoms with Crippen molar-refractivity contribution in [1.82, 2.24) is 10.2 Å². The Morgan fingerprint density at radius 1 is 1.17 bits per heavy atom. The van der Waals surface area contributed by atoms with Gasteiger partial charge < -0.3 is 10.6 Å². The van der Waals surface area contributed by atoms with Crippen molar-refractivity contribution in [3.63, 3.8) is 0 Å². The number of urea groups is 1. The van der Waals surface area contributed by atoms with Crippen molar-refractivity contribution in [3.8, 4) is 11.1 Å². The zero-order valence-electron chi connectivity index (χ0n) is 16.8. The van der Waals surface area contributed by atoms with Crippen LogP contribution in [0.1, 0.15) is 32.6 Å². The van der Waals surface area contributed by atoms with Crippen LogP contribution in [0.25, 0.3) is 11.1 Å². The topological polar surface area (TPSA) is 78.5 Å². The number of amides is 4. The summed E-state index contributed by atoms with van der Waals surface area (Å²) in [5, 5.41) is 5.58. The van der Waals surface area contributed by atoms with E-state index in [4.69, 9.17) is 0 Å². The Balaban J connectivity index is 1.46. The number of carbonyl (C=O) groups excluding carboxylic acids is 3. The minimum absolute atomic E-state index is 0.0405. The molecule has 7 heteroatoms. The van der Waals surface area contributed by atoms with Gasteiger partial charge in [0.1, 0.15) is 17.9 Å². The van der Waals surface area contributed by atoms with Crippen molar-refractivity contribution in [3.05, 3.63) is 54.3 Å². The second-order valence-electron chi connectivity index (χ2n) is 8.08. The van der Waals surface area contributed by atoms with E-state index in [0.29, 0.717) is 17.7 Å². The van der Waals surface area contributed by atoms with Gasteiger partial charge in [0, 0.05) is 5.69 Å². The number of imide groups is 1. The minimum atomic E-state index is -0.882. The lowest BCUT2D eigenvalue weighted by Gasteiger charge is -2.36. The highest BCUT2D eigenvalue weighted by atomic mass is 19.1. The van der Waals surface area contributed by atoms with Gasteiger partial charge in [0.15, 0.2) is 0 Å². The molecule has 2 aliphatic rings. The summed E-state index contributed by atoms with van der Waals surface area (Å²) in [6.45, 7) is 1.63. The molecule has 2 aromatic rings. The molecule has 2 atom stereocenters. The summed E-state index contributed by atoms with van der Waals surface area (Å²) in [5.74, 6) is -1.08. The maximum atomic E-state index is 13.5. The van der Waals surface area contributed by atoms with Gasteiger partial charge in [-0.15, -0.1) is 0 Å². The molecule has 0 bridgehead atoms. The standard InChI is InChI=1S/C23H24FN3O3/c1-15-6-2-3-11-23(15)21(29)27(22(30)26-23)14-20(28)25-19-10-5-8-17(13-19)16-7-4-9-18(24)12-16/h4-5,7-10,12-13,15H,2-3,6,11,14H2,1H3,(H,25,28)(H,26,30)/t15-,23+/m0/s1. The van der Waals surface area contributed by atoms with E-state index in [0.717, 1.165) is 29.7 Å². The Morgan fingerprint density at radius 2 is 1.90 bits per heavy atom. The van der Waals surface area contributed by atoms with Crippen molar-refractivity contribution < 1.29 is 18.8 Å². The van der Waals surface area contributed by atoms with Gasteiger partial charge in [0.25, 0.3) is 5.91 Å². The molecule has 156 valence electrons. The Hall–Kier alpha value is -3.22. The van der Waals surface area contributed by atoms with Gasteiger partial charge >= 0.3 is 6.03 Å². The molecular formula is C23H24FN3O3. The summed E-state index contributed by atoms with van der Waals surface area (Å²) in [4.78, 5) is 39.0. The quantitative estimate of drug-likeness (QED) is 0.751. The van der Waals surface area contributed by atoms with Crippen LogP contribution in [0.15, 0.2) is 48.5 Å². The number of halogens is 1. The van der Waals surface area contributed by atoms with Crippen LogP contribution in [0.4, 0.5) is 14.9 Å². The Morgan fingerprint density at radius 3 is 2.63 bits per heavy atom. The third-order valence-corrected chi connectivity index (χ3v) is 6.11. The molecule has 1 heterocycles. The largest absolute Gasteiger partial charge is 0.325 e. The molecule has 1 aliphatic carbocycles. The number of anilines is 1. The van der Waals surface area contributed by atoms with E-state index in [2.05, 4.69) is 10.6 Å². The highest BCUT2D eigenvalue weighted by molar-refractivity contribution is 6.10. The third-order valence-electron chi connectivity index (χ3n) is 6.11. The van der Waals surface area contributed by atoms with E-state index in [-0.39, 0.29) is 24.2 Å². The summed E-state index contributed by atoms with van der Waals surface area (Å²) in [5.41, 5.74) is 1.06. The normalized spacial score (nSPS) is 23.5. The zero-order chi connectivity index (χ0) is 21.3. The van der Waals surface area contributed by atoms with Gasteiger partial charge in [-0.25, -0.2) is 9.18 Å². The lowest BCUT2D eigenvalue weighted by molar-refractivity contribution is -0.136.